The lowest BCUT2D eigenvalue weighted by molar-refractivity contribution is -0.167. The summed E-state index contributed by atoms with van der Waals surface area (Å²) in [5, 5.41) is 17.7. The van der Waals surface area contributed by atoms with Gasteiger partial charge in [0.15, 0.2) is 0 Å². The van der Waals surface area contributed by atoms with Gasteiger partial charge in [0.25, 0.3) is 0 Å². The van der Waals surface area contributed by atoms with Crippen molar-refractivity contribution in [3.05, 3.63) is 0 Å². The molecule has 88 valence electrons. The standard InChI is InChI=1S/C9H14BrFO4/c10-6-4-2-1-3-5-9(11,7(12)13)8(14)15/h1-6H2,(H,12,13)(H,14,15). The van der Waals surface area contributed by atoms with E-state index in [1.807, 2.05) is 0 Å². The molecular weight excluding hydrogens is 271 g/mol. The van der Waals surface area contributed by atoms with Crippen LogP contribution in [0.4, 0.5) is 4.39 Å². The minimum absolute atomic E-state index is 0.266. The first-order chi connectivity index (χ1) is 6.95. The van der Waals surface area contributed by atoms with Crippen molar-refractivity contribution in [1.29, 1.82) is 0 Å². The predicted octanol–water partition coefficient (Wildman–Crippen LogP) is 2.21. The van der Waals surface area contributed by atoms with Crippen molar-refractivity contribution in [2.75, 3.05) is 5.33 Å². The summed E-state index contributed by atoms with van der Waals surface area (Å²) in [6.45, 7) is 0. The van der Waals surface area contributed by atoms with Gasteiger partial charge in [-0.3, -0.25) is 0 Å². The molecular formula is C9H14BrFO4. The largest absolute Gasteiger partial charge is 0.478 e. The van der Waals surface area contributed by atoms with Crippen LogP contribution in [-0.2, 0) is 9.59 Å². The highest BCUT2D eigenvalue weighted by molar-refractivity contribution is 9.09. The number of hydrogen-bond acceptors (Lipinski definition) is 2. The molecule has 0 spiro atoms. The van der Waals surface area contributed by atoms with Gasteiger partial charge in [-0.1, -0.05) is 28.8 Å². The van der Waals surface area contributed by atoms with Gasteiger partial charge in [0, 0.05) is 11.8 Å². The summed E-state index contributed by atoms with van der Waals surface area (Å²) in [4.78, 5) is 20.8. The molecule has 0 unspecified atom stereocenters. The topological polar surface area (TPSA) is 74.6 Å². The lowest BCUT2D eigenvalue weighted by atomic mass is 9.98. The van der Waals surface area contributed by atoms with Crippen LogP contribution in [0.15, 0.2) is 0 Å². The molecule has 0 aromatic heterocycles. The quantitative estimate of drug-likeness (QED) is 0.407. The van der Waals surface area contributed by atoms with E-state index in [-0.39, 0.29) is 6.42 Å². The Hall–Kier alpha value is -0.650. The van der Waals surface area contributed by atoms with Crippen LogP contribution in [0.25, 0.3) is 0 Å². The van der Waals surface area contributed by atoms with Crippen molar-refractivity contribution < 1.29 is 24.2 Å². The first-order valence-electron chi connectivity index (χ1n) is 4.67. The molecule has 0 aromatic carbocycles. The third-order valence-corrected chi connectivity index (χ3v) is 2.64. The molecule has 0 aliphatic carbocycles. The van der Waals surface area contributed by atoms with Crippen LogP contribution in [0.3, 0.4) is 0 Å². The maximum atomic E-state index is 13.3. The Morgan fingerprint density at radius 1 is 1.07 bits per heavy atom. The molecule has 0 aromatic rings. The van der Waals surface area contributed by atoms with Crippen molar-refractivity contribution >= 4 is 27.9 Å². The summed E-state index contributed by atoms with van der Waals surface area (Å²) in [5.41, 5.74) is -3.13. The zero-order chi connectivity index (χ0) is 11.9. The summed E-state index contributed by atoms with van der Waals surface area (Å²) in [5.74, 6) is -3.84. The fraction of sp³-hybridized carbons (Fsp3) is 0.778. The van der Waals surface area contributed by atoms with Gasteiger partial charge in [-0.2, -0.15) is 0 Å². The van der Waals surface area contributed by atoms with Crippen LogP contribution in [-0.4, -0.2) is 33.2 Å². The summed E-state index contributed by atoms with van der Waals surface area (Å²) in [6, 6.07) is 0. The molecule has 0 heterocycles. The van der Waals surface area contributed by atoms with Crippen molar-refractivity contribution in [3.8, 4) is 0 Å². The Morgan fingerprint density at radius 3 is 1.93 bits per heavy atom. The maximum Gasteiger partial charge on any atom is 0.353 e. The van der Waals surface area contributed by atoms with Gasteiger partial charge in [0.1, 0.15) is 0 Å². The Morgan fingerprint density at radius 2 is 1.53 bits per heavy atom. The lowest BCUT2D eigenvalue weighted by Gasteiger charge is -2.14. The SMILES string of the molecule is O=C(O)C(F)(CCCCCCBr)C(=O)O. The fourth-order valence-corrected chi connectivity index (χ4v) is 1.52. The van der Waals surface area contributed by atoms with Gasteiger partial charge < -0.3 is 10.2 Å². The minimum Gasteiger partial charge on any atom is -0.478 e. The molecule has 0 radical (unpaired) electrons. The average molecular weight is 285 g/mol. The van der Waals surface area contributed by atoms with Gasteiger partial charge in [-0.25, -0.2) is 14.0 Å². The highest BCUT2D eigenvalue weighted by atomic mass is 79.9. The van der Waals surface area contributed by atoms with Crippen molar-refractivity contribution in [2.24, 2.45) is 0 Å². The minimum atomic E-state index is -3.13. The number of aliphatic carboxylic acids is 2. The van der Waals surface area contributed by atoms with Gasteiger partial charge in [-0.15, -0.1) is 0 Å². The van der Waals surface area contributed by atoms with E-state index in [2.05, 4.69) is 15.9 Å². The number of halogens is 2. The van der Waals surface area contributed by atoms with Crippen LogP contribution < -0.4 is 0 Å². The fourth-order valence-electron chi connectivity index (χ4n) is 1.12. The highest BCUT2D eigenvalue weighted by Crippen LogP contribution is 2.21. The number of carboxylic acids is 2. The van der Waals surface area contributed by atoms with E-state index in [1.165, 1.54) is 0 Å². The van der Waals surface area contributed by atoms with Crippen molar-refractivity contribution in [3.63, 3.8) is 0 Å². The second-order valence-corrected chi connectivity index (χ2v) is 4.06. The Bertz CT molecular complexity index is 218. The molecule has 0 aliphatic heterocycles. The monoisotopic (exact) mass is 284 g/mol. The van der Waals surface area contributed by atoms with Crippen LogP contribution in [0.2, 0.25) is 0 Å². The maximum absolute atomic E-state index is 13.3. The Labute approximate surface area is 95.6 Å². The Kier molecular flexibility index (Phi) is 6.47. The van der Waals surface area contributed by atoms with Gasteiger partial charge in [0.05, 0.1) is 0 Å². The van der Waals surface area contributed by atoms with E-state index < -0.39 is 24.0 Å². The smallest absolute Gasteiger partial charge is 0.353 e. The molecule has 0 rings (SSSR count). The molecule has 6 heteroatoms. The zero-order valence-corrected chi connectivity index (χ0v) is 9.80. The molecule has 4 nitrogen and oxygen atoms in total. The van der Waals surface area contributed by atoms with E-state index in [4.69, 9.17) is 10.2 Å². The van der Waals surface area contributed by atoms with Crippen molar-refractivity contribution in [2.45, 2.75) is 37.8 Å². The number of alkyl halides is 2. The number of rotatable bonds is 8. The van der Waals surface area contributed by atoms with E-state index in [1.54, 1.807) is 0 Å². The van der Waals surface area contributed by atoms with E-state index in [0.29, 0.717) is 6.42 Å². The molecule has 0 saturated carbocycles. The molecule has 0 aliphatic rings. The molecule has 0 amide bonds. The van der Waals surface area contributed by atoms with Gasteiger partial charge in [-0.05, 0) is 12.8 Å². The zero-order valence-electron chi connectivity index (χ0n) is 8.21. The third kappa shape index (κ3) is 4.59. The second-order valence-electron chi connectivity index (χ2n) is 3.26. The molecule has 0 fully saturated rings. The predicted molar refractivity (Wildman–Crippen MR) is 56.0 cm³/mol. The van der Waals surface area contributed by atoms with Crippen molar-refractivity contribution in [1.82, 2.24) is 0 Å². The number of hydrogen-bond donors (Lipinski definition) is 2. The summed E-state index contributed by atoms with van der Waals surface area (Å²) >= 11 is 3.23. The summed E-state index contributed by atoms with van der Waals surface area (Å²) in [6.07, 6.45) is 2.18. The van der Waals surface area contributed by atoms with Crippen LogP contribution in [0, 0.1) is 0 Å². The first kappa shape index (κ1) is 14.3. The highest BCUT2D eigenvalue weighted by Gasteiger charge is 2.46. The lowest BCUT2D eigenvalue weighted by Crippen LogP contribution is -2.42. The molecule has 15 heavy (non-hydrogen) atoms. The molecule has 0 atom stereocenters. The summed E-state index contributed by atoms with van der Waals surface area (Å²) in [7, 11) is 0. The summed E-state index contributed by atoms with van der Waals surface area (Å²) < 4.78 is 13.3. The number of unbranched alkanes of at least 4 members (excludes halogenated alkanes) is 3. The third-order valence-electron chi connectivity index (χ3n) is 2.08. The van der Waals surface area contributed by atoms with E-state index >= 15 is 0 Å². The molecule has 0 bridgehead atoms. The molecule has 0 saturated heterocycles. The number of carbonyl (C=O) groups is 2. The van der Waals surface area contributed by atoms with E-state index in [0.717, 1.165) is 18.2 Å². The molecule has 2 N–H and O–H groups in total. The second kappa shape index (κ2) is 6.76. The van der Waals surface area contributed by atoms with Gasteiger partial charge >= 0.3 is 17.6 Å². The van der Waals surface area contributed by atoms with Crippen LogP contribution in [0.5, 0.6) is 0 Å². The first-order valence-corrected chi connectivity index (χ1v) is 5.79. The van der Waals surface area contributed by atoms with Crippen LogP contribution >= 0.6 is 15.9 Å². The van der Waals surface area contributed by atoms with E-state index in [9.17, 15) is 14.0 Å². The van der Waals surface area contributed by atoms with Gasteiger partial charge in [0.2, 0.25) is 0 Å². The van der Waals surface area contributed by atoms with Crippen LogP contribution in [0.1, 0.15) is 32.1 Å². The Balaban J connectivity index is 3.99. The normalized spacial score (nSPS) is 11.3. The average Bonchev–Trinajstić information content (AvgIpc) is 2.16. The number of carboxylic acid groups (broad SMARTS) is 2.